The Morgan fingerprint density at radius 2 is 2.19 bits per heavy atom. The Hall–Kier alpha value is -2.38. The van der Waals surface area contributed by atoms with Gasteiger partial charge in [-0.15, -0.1) is 0 Å². The van der Waals surface area contributed by atoms with Crippen LogP contribution in [0.3, 0.4) is 0 Å². The number of rotatable bonds is 3. The molecule has 0 aromatic heterocycles. The number of halogens is 2. The van der Waals surface area contributed by atoms with E-state index in [4.69, 9.17) is 10.8 Å². The Morgan fingerprint density at radius 3 is 2.81 bits per heavy atom. The topological polar surface area (TPSA) is 72.5 Å². The molecule has 0 saturated carbocycles. The Kier molecular flexibility index (Phi) is 4.01. The average Bonchev–Trinajstić information content (AvgIpc) is 2.28. The predicted octanol–water partition coefficient (Wildman–Crippen LogP) is 3.16. The summed E-state index contributed by atoms with van der Waals surface area (Å²) in [5.74, 6) is -1.48. The van der Waals surface area contributed by atoms with Gasteiger partial charge in [0.2, 0.25) is 0 Å². The quantitative estimate of drug-likeness (QED) is 0.438. The van der Waals surface area contributed by atoms with Crippen LogP contribution in [-0.4, -0.2) is 6.54 Å². The molecule has 0 unspecified atom stereocenters. The molecule has 0 aliphatic carbocycles. The highest BCUT2D eigenvalue weighted by Crippen LogP contribution is 2.15. The Morgan fingerprint density at radius 1 is 1.44 bits per heavy atom. The molecule has 1 aromatic carbocycles. The molecule has 0 aliphatic rings. The van der Waals surface area contributed by atoms with Crippen LogP contribution in [0.15, 0.2) is 23.3 Å². The minimum Gasteiger partial charge on any atom is -0.206 e. The lowest BCUT2D eigenvalue weighted by Crippen LogP contribution is -1.90. The maximum Gasteiger partial charge on any atom is 0.141 e. The van der Waals surface area contributed by atoms with Crippen LogP contribution in [0.2, 0.25) is 0 Å². The van der Waals surface area contributed by atoms with Gasteiger partial charge >= 0.3 is 0 Å². The van der Waals surface area contributed by atoms with Crippen molar-refractivity contribution in [1.29, 1.82) is 5.26 Å². The van der Waals surface area contributed by atoms with Crippen molar-refractivity contribution >= 4 is 6.08 Å². The second kappa shape index (κ2) is 5.49. The molecule has 0 bridgehead atoms. The summed E-state index contributed by atoms with van der Waals surface area (Å²) in [7, 11) is 0. The zero-order valence-corrected chi connectivity index (χ0v) is 8.06. The molecule has 4 nitrogen and oxygen atoms in total. The smallest absolute Gasteiger partial charge is 0.141 e. The molecule has 0 spiro atoms. The number of hydrogen-bond donors (Lipinski definition) is 0. The number of azide groups is 1. The van der Waals surface area contributed by atoms with Crippen molar-refractivity contribution in [2.45, 2.75) is 0 Å². The number of hydrogen-bond acceptors (Lipinski definition) is 2. The standard InChI is InChI=1S/C10H6F2N4/c11-9-5-8(6-13)10(12)4-7(9)2-1-3-15-16-14/h1-2,4-5H,3H2. The molecule has 0 N–H and O–H groups in total. The van der Waals surface area contributed by atoms with Crippen LogP contribution in [0.5, 0.6) is 0 Å². The molecule has 16 heavy (non-hydrogen) atoms. The first-order valence-corrected chi connectivity index (χ1v) is 4.25. The van der Waals surface area contributed by atoms with E-state index < -0.39 is 11.6 Å². The summed E-state index contributed by atoms with van der Waals surface area (Å²) in [5.41, 5.74) is 7.65. The molecule has 0 saturated heterocycles. The summed E-state index contributed by atoms with van der Waals surface area (Å²) in [6.07, 6.45) is 2.68. The monoisotopic (exact) mass is 220 g/mol. The lowest BCUT2D eigenvalue weighted by molar-refractivity contribution is 0.594. The second-order valence-corrected chi connectivity index (χ2v) is 2.78. The largest absolute Gasteiger partial charge is 0.206 e. The highest BCUT2D eigenvalue weighted by atomic mass is 19.1. The highest BCUT2D eigenvalue weighted by Gasteiger charge is 2.06. The normalized spacial score (nSPS) is 9.81. The van der Waals surface area contributed by atoms with Gasteiger partial charge < -0.3 is 0 Å². The van der Waals surface area contributed by atoms with Crippen LogP contribution < -0.4 is 0 Å². The third-order valence-electron chi connectivity index (χ3n) is 1.75. The fourth-order valence-electron chi connectivity index (χ4n) is 1.04. The van der Waals surface area contributed by atoms with Gasteiger partial charge in [0.05, 0.1) is 5.56 Å². The van der Waals surface area contributed by atoms with Gasteiger partial charge in [-0.1, -0.05) is 17.3 Å². The van der Waals surface area contributed by atoms with Crippen LogP contribution in [0, 0.1) is 23.0 Å². The van der Waals surface area contributed by atoms with Crippen LogP contribution >= 0.6 is 0 Å². The SMILES string of the molecule is N#Cc1cc(F)c(C=CCN=[N+]=[N-])cc1F. The Balaban J connectivity index is 2.98. The minimum absolute atomic E-state index is 0.00430. The third-order valence-corrected chi connectivity index (χ3v) is 1.75. The summed E-state index contributed by atoms with van der Waals surface area (Å²) < 4.78 is 26.4. The second-order valence-electron chi connectivity index (χ2n) is 2.78. The lowest BCUT2D eigenvalue weighted by atomic mass is 10.1. The molecule has 0 aliphatic heterocycles. The van der Waals surface area contributed by atoms with E-state index >= 15 is 0 Å². The van der Waals surface area contributed by atoms with Crippen molar-refractivity contribution in [2.75, 3.05) is 6.54 Å². The van der Waals surface area contributed by atoms with E-state index in [1.54, 1.807) is 0 Å². The first-order chi connectivity index (χ1) is 7.69. The van der Waals surface area contributed by atoms with Crippen LogP contribution in [-0.2, 0) is 0 Å². The molecule has 1 aromatic rings. The molecule has 0 amide bonds. The van der Waals surface area contributed by atoms with Gasteiger partial charge in [-0.3, -0.25) is 0 Å². The first-order valence-electron chi connectivity index (χ1n) is 4.25. The van der Waals surface area contributed by atoms with E-state index in [0.29, 0.717) is 0 Å². The van der Waals surface area contributed by atoms with Crippen molar-refractivity contribution in [2.24, 2.45) is 5.11 Å². The van der Waals surface area contributed by atoms with E-state index in [1.807, 2.05) is 0 Å². The first kappa shape index (κ1) is 11.7. The van der Waals surface area contributed by atoms with Crippen molar-refractivity contribution in [1.82, 2.24) is 0 Å². The summed E-state index contributed by atoms with van der Waals surface area (Å²) in [6, 6.07) is 3.27. The van der Waals surface area contributed by atoms with Crippen molar-refractivity contribution < 1.29 is 8.78 Å². The Bertz CT molecular complexity index is 510. The molecule has 0 radical (unpaired) electrons. The zero-order valence-electron chi connectivity index (χ0n) is 8.06. The fraction of sp³-hybridized carbons (Fsp3) is 0.100. The van der Waals surface area contributed by atoms with E-state index in [0.717, 1.165) is 12.1 Å². The van der Waals surface area contributed by atoms with Gasteiger partial charge in [-0.2, -0.15) is 5.26 Å². The summed E-state index contributed by atoms with van der Waals surface area (Å²) in [4.78, 5) is 2.50. The zero-order chi connectivity index (χ0) is 12.0. The van der Waals surface area contributed by atoms with Gasteiger partial charge in [-0.05, 0) is 17.7 Å². The molecule has 6 heteroatoms. The number of benzene rings is 1. The molecule has 0 fully saturated rings. The van der Waals surface area contributed by atoms with Gasteiger partial charge in [0.15, 0.2) is 0 Å². The Labute approximate surface area is 90.1 Å². The van der Waals surface area contributed by atoms with Gasteiger partial charge in [0, 0.05) is 17.0 Å². The minimum atomic E-state index is -0.785. The van der Waals surface area contributed by atoms with Crippen molar-refractivity contribution in [3.8, 4) is 6.07 Å². The van der Waals surface area contributed by atoms with Gasteiger partial charge in [0.25, 0.3) is 0 Å². The van der Waals surface area contributed by atoms with Crippen LogP contribution in [0.25, 0.3) is 16.5 Å². The van der Waals surface area contributed by atoms with Crippen molar-refractivity contribution in [3.05, 3.63) is 51.4 Å². The molecular formula is C10H6F2N4. The summed E-state index contributed by atoms with van der Waals surface area (Å²) in [5, 5.41) is 11.6. The number of nitrogens with zero attached hydrogens (tertiary/aromatic N) is 4. The van der Waals surface area contributed by atoms with Gasteiger partial charge in [-0.25, -0.2) is 8.78 Å². The molecule has 0 heterocycles. The van der Waals surface area contributed by atoms with Crippen molar-refractivity contribution in [3.63, 3.8) is 0 Å². The average molecular weight is 220 g/mol. The van der Waals surface area contributed by atoms with E-state index in [9.17, 15) is 8.78 Å². The van der Waals surface area contributed by atoms with E-state index in [-0.39, 0.29) is 17.7 Å². The van der Waals surface area contributed by atoms with E-state index in [1.165, 1.54) is 18.2 Å². The fourth-order valence-corrected chi connectivity index (χ4v) is 1.04. The summed E-state index contributed by atoms with van der Waals surface area (Å²) >= 11 is 0. The van der Waals surface area contributed by atoms with Crippen LogP contribution in [0.1, 0.15) is 11.1 Å². The van der Waals surface area contributed by atoms with Gasteiger partial charge in [0.1, 0.15) is 17.7 Å². The van der Waals surface area contributed by atoms with Crippen LogP contribution in [0.4, 0.5) is 8.78 Å². The molecule has 1 rings (SSSR count). The lowest BCUT2D eigenvalue weighted by Gasteiger charge is -1.98. The highest BCUT2D eigenvalue weighted by molar-refractivity contribution is 5.52. The molecule has 0 atom stereocenters. The third kappa shape index (κ3) is 2.80. The summed E-state index contributed by atoms with van der Waals surface area (Å²) in [6.45, 7) is 0.0531. The molecule has 80 valence electrons. The maximum absolute atomic E-state index is 13.3. The number of nitriles is 1. The molecular weight excluding hydrogens is 214 g/mol. The van der Waals surface area contributed by atoms with E-state index in [2.05, 4.69) is 10.0 Å². The predicted molar refractivity (Wildman–Crippen MR) is 54.1 cm³/mol. The maximum atomic E-state index is 13.3.